The third-order valence-electron chi connectivity index (χ3n) is 8.88. The Morgan fingerprint density at radius 2 is 0.833 bits per heavy atom. The highest BCUT2D eigenvalue weighted by Crippen LogP contribution is 2.47. The molecule has 0 spiro atoms. The highest BCUT2D eigenvalue weighted by Gasteiger charge is 2.23. The summed E-state index contributed by atoms with van der Waals surface area (Å²) in [5.41, 5.74) is -14.6. The number of hydrogen-bond donors (Lipinski definition) is 0. The minimum absolute atomic E-state index is 0.410. The van der Waals surface area contributed by atoms with Crippen molar-refractivity contribution in [1.82, 2.24) is 0 Å². The summed E-state index contributed by atoms with van der Waals surface area (Å²) in [5, 5.41) is -3.16. The average molecular weight is 804 g/mol. The zero-order chi connectivity index (χ0) is 72.9. The molecule has 1 heterocycles. The lowest BCUT2D eigenvalue weighted by Crippen LogP contribution is -2.10. The van der Waals surface area contributed by atoms with Gasteiger partial charge in [-0.1, -0.05) is 193 Å². The molecular formula is C58H39NO. The summed E-state index contributed by atoms with van der Waals surface area (Å²) in [7, 11) is 0. The second-order valence-electron chi connectivity index (χ2n) is 12.3. The monoisotopic (exact) mass is 804 g/mol. The number of nitrogens with zero attached hydrogens (tertiary/aromatic N) is 1. The molecule has 2 heteroatoms. The molecule has 282 valence electrons. The Kier molecular flexibility index (Phi) is 3.41. The van der Waals surface area contributed by atoms with Crippen LogP contribution in [0, 0.1) is 0 Å². The van der Waals surface area contributed by atoms with E-state index in [1.807, 2.05) is 0 Å². The summed E-state index contributed by atoms with van der Waals surface area (Å²) in [5.74, 6) is 0. The van der Waals surface area contributed by atoms with Crippen molar-refractivity contribution in [1.29, 1.82) is 0 Å². The van der Waals surface area contributed by atoms with Gasteiger partial charge in [-0.15, -0.1) is 0 Å². The first-order valence-corrected chi connectivity index (χ1v) is 17.4. The van der Waals surface area contributed by atoms with E-state index in [-0.39, 0.29) is 0 Å². The van der Waals surface area contributed by atoms with Gasteiger partial charge in [0.05, 0.1) is 57.8 Å². The Morgan fingerprint density at radius 1 is 0.333 bits per heavy atom. The number of anilines is 3. The van der Waals surface area contributed by atoms with E-state index in [9.17, 15) is 24.7 Å². The van der Waals surface area contributed by atoms with Crippen molar-refractivity contribution in [2.24, 2.45) is 0 Å². The first-order valence-electron chi connectivity index (χ1n) is 36.4. The first-order chi connectivity index (χ1) is 45.6. The van der Waals surface area contributed by atoms with Crippen LogP contribution in [0.25, 0.3) is 88.3 Å². The predicted molar refractivity (Wildman–Crippen MR) is 253 cm³/mol. The van der Waals surface area contributed by atoms with Gasteiger partial charge in [-0.2, -0.15) is 0 Å². The lowest BCUT2D eigenvalue weighted by Gasteiger charge is -2.26. The van der Waals surface area contributed by atoms with Crippen molar-refractivity contribution in [3.63, 3.8) is 0 Å². The summed E-state index contributed by atoms with van der Waals surface area (Å²) in [6, 6.07) is -40.5. The molecule has 0 bridgehead atoms. The van der Waals surface area contributed by atoms with E-state index in [2.05, 4.69) is 0 Å². The molecule has 0 saturated carbocycles. The van der Waals surface area contributed by atoms with E-state index in [4.69, 9.17) is 31.8 Å². The van der Waals surface area contributed by atoms with Crippen LogP contribution >= 0.6 is 0 Å². The lowest BCUT2D eigenvalue weighted by atomic mass is 9.94. The molecule has 0 N–H and O–H groups in total. The maximum absolute atomic E-state index is 10.2. The van der Waals surface area contributed by atoms with Crippen molar-refractivity contribution in [2.45, 2.75) is 0 Å². The van der Waals surface area contributed by atoms with Crippen LogP contribution in [-0.4, -0.2) is 0 Å². The van der Waals surface area contributed by atoms with Gasteiger partial charge in [0.15, 0.2) is 5.58 Å². The summed E-state index contributed by atoms with van der Waals surface area (Å²) >= 11 is 0. The predicted octanol–water partition coefficient (Wildman–Crippen LogP) is 16.5. The van der Waals surface area contributed by atoms with Crippen LogP contribution in [-0.2, 0) is 0 Å². The van der Waals surface area contributed by atoms with Crippen molar-refractivity contribution >= 4 is 49.8 Å². The molecule has 1 aromatic heterocycles. The third-order valence-corrected chi connectivity index (χ3v) is 8.88. The molecule has 11 rings (SSSR count). The number of fused-ring (bicyclic) bond motifs is 5. The molecule has 0 aliphatic rings. The second-order valence-corrected chi connectivity index (χ2v) is 12.3. The maximum atomic E-state index is 10.2. The van der Waals surface area contributed by atoms with E-state index in [0.29, 0.717) is 11.0 Å². The van der Waals surface area contributed by atoms with Crippen molar-refractivity contribution in [3.05, 3.63) is 236 Å². The van der Waals surface area contributed by atoms with Crippen LogP contribution in [0.2, 0.25) is 0 Å². The molecule has 2 nitrogen and oxygen atoms in total. The van der Waals surface area contributed by atoms with Gasteiger partial charge >= 0.3 is 0 Å². The fraction of sp³-hybridized carbons (Fsp3) is 0. The van der Waals surface area contributed by atoms with Crippen LogP contribution in [0.3, 0.4) is 0 Å². The molecule has 10 aromatic carbocycles. The minimum Gasteiger partial charge on any atom is -0.453 e. The van der Waals surface area contributed by atoms with Crippen LogP contribution < -0.4 is 4.90 Å². The molecule has 0 aliphatic carbocycles. The minimum atomic E-state index is -1.37. The van der Waals surface area contributed by atoms with Gasteiger partial charge in [0, 0.05) is 27.5 Å². The van der Waals surface area contributed by atoms with Gasteiger partial charge in [0.1, 0.15) is 5.58 Å². The SMILES string of the molecule is [2H]c1cc(N(c2c([2H])c([2H])c(-c3c([2H])c([2H])c([2H])c([2H])c3[2H])c([2H])c2[2H])c2c([2H])c([2H])c(-c3c([2H])c([2H])c([2H])c(-c4c([2H])c([2H])c(-c5c([2H])c([2H])c([2H])c([2H])c5[2H])c([2H])c4[2H])c3[2H])c3c2oc2c4c([2H])c([2H])c([2H])c([2H])c4c([2H])c([2H])c23)c([2H])c([2H])c1-c1c([2H])c([2H])c([2H])c([2H])c1[2H]. The van der Waals surface area contributed by atoms with E-state index in [1.165, 1.54) is 0 Å². The van der Waals surface area contributed by atoms with Gasteiger partial charge in [0.2, 0.25) is 0 Å². The molecule has 0 unspecified atom stereocenters. The van der Waals surface area contributed by atoms with Gasteiger partial charge < -0.3 is 9.32 Å². The Labute approximate surface area is 403 Å². The standard InChI is InChI=1S/C58H39NO/c1-4-13-40(14-5-1)43-23-25-46(26-24-43)48-20-12-21-49(39-48)52-37-38-55(58-56(52)54-36-31-47-19-10-11-22-53(47)57(54)60-58)59(50-32-27-44(28-33-50)41-15-6-2-7-16-41)51-34-29-45(30-35-51)42-17-8-3-9-18-42/h1-39H/i1D,2D,3D,4D,5D,6D,7D,8D,9D,10D,11D,12D,13D,14D,15D,16D,17D,18D,19D,20D,21D,22D,23D,24D,25D,26D,27D,28D,29D,30D,31D,32D,33D,34D,36D,37D,38D,39D. The van der Waals surface area contributed by atoms with Crippen LogP contribution in [0.4, 0.5) is 17.1 Å². The largest absolute Gasteiger partial charge is 0.453 e. The first kappa shape index (κ1) is 13.6. The van der Waals surface area contributed by atoms with Gasteiger partial charge in [-0.3, -0.25) is 0 Å². The van der Waals surface area contributed by atoms with Gasteiger partial charge in [-0.05, 0) is 103 Å². The molecule has 60 heavy (non-hydrogen) atoms. The maximum Gasteiger partial charge on any atom is 0.160 e. The van der Waals surface area contributed by atoms with E-state index < -0.39 is 335 Å². The Bertz CT molecular complexity index is 5420. The van der Waals surface area contributed by atoms with Gasteiger partial charge in [-0.25, -0.2) is 0 Å². The van der Waals surface area contributed by atoms with Gasteiger partial charge in [0.25, 0.3) is 0 Å². The molecular weight excluding hydrogens is 727 g/mol. The Hall–Kier alpha value is -7.94. The third kappa shape index (κ3) is 6.41. The van der Waals surface area contributed by atoms with E-state index in [1.54, 1.807) is 0 Å². The number of furan rings is 1. The Balaban J connectivity index is 1.37. The zero-order valence-corrected chi connectivity index (χ0v) is 29.9. The molecule has 11 aromatic rings. The van der Waals surface area contributed by atoms with Crippen molar-refractivity contribution in [3.8, 4) is 55.6 Å². The topological polar surface area (TPSA) is 16.4 Å². The molecule has 0 saturated heterocycles. The number of hydrogen-bond acceptors (Lipinski definition) is 2. The highest BCUT2D eigenvalue weighted by atomic mass is 16.3. The lowest BCUT2D eigenvalue weighted by molar-refractivity contribution is 0.673. The molecule has 0 aliphatic heterocycles. The van der Waals surface area contributed by atoms with Crippen LogP contribution in [0.5, 0.6) is 0 Å². The van der Waals surface area contributed by atoms with Crippen LogP contribution in [0.1, 0.15) is 52.1 Å². The summed E-state index contributed by atoms with van der Waals surface area (Å²) in [4.78, 5) is 0.410. The van der Waals surface area contributed by atoms with E-state index in [0.717, 1.165) is 0 Å². The quantitative estimate of drug-likeness (QED) is 0.152. The van der Waals surface area contributed by atoms with E-state index >= 15 is 0 Å². The fourth-order valence-corrected chi connectivity index (χ4v) is 6.19. The Morgan fingerprint density at radius 3 is 1.48 bits per heavy atom. The van der Waals surface area contributed by atoms with Crippen molar-refractivity contribution in [2.75, 3.05) is 4.90 Å². The highest BCUT2D eigenvalue weighted by molar-refractivity contribution is 6.22. The molecule has 0 atom stereocenters. The van der Waals surface area contributed by atoms with Crippen molar-refractivity contribution < 1.29 is 56.5 Å². The smallest absolute Gasteiger partial charge is 0.160 e. The zero-order valence-electron chi connectivity index (χ0n) is 67.9. The molecule has 0 fully saturated rings. The second kappa shape index (κ2) is 15.1. The summed E-state index contributed by atoms with van der Waals surface area (Å²) in [6.07, 6.45) is 0. The van der Waals surface area contributed by atoms with Crippen LogP contribution in [0.15, 0.2) is 240 Å². The molecule has 0 radical (unpaired) electrons. The number of benzene rings is 10. The fourth-order valence-electron chi connectivity index (χ4n) is 6.19. The summed E-state index contributed by atoms with van der Waals surface area (Å²) in [6.45, 7) is 0. The average Bonchev–Trinajstić information content (AvgIpc) is 1.48. The normalized spacial score (nSPS) is 20.2. The number of rotatable bonds is 8. The molecule has 0 amide bonds. The summed E-state index contributed by atoms with van der Waals surface area (Å²) < 4.78 is 350.